The van der Waals surface area contributed by atoms with E-state index >= 15 is 0 Å². The van der Waals surface area contributed by atoms with Crippen LogP contribution in [0.2, 0.25) is 0 Å². The van der Waals surface area contributed by atoms with Gasteiger partial charge < -0.3 is 4.74 Å². The average Bonchev–Trinajstić information content (AvgIpc) is 2.73. The van der Waals surface area contributed by atoms with Crippen molar-refractivity contribution in [2.24, 2.45) is 0 Å². The molecule has 3 rings (SSSR count). The number of carbonyl (C=O) groups excluding carboxylic acids is 1. The Morgan fingerprint density at radius 3 is 2.24 bits per heavy atom. The van der Waals surface area contributed by atoms with Crippen molar-refractivity contribution in [2.45, 2.75) is 25.3 Å². The van der Waals surface area contributed by atoms with Crippen LogP contribution in [0.4, 0.5) is 0 Å². The summed E-state index contributed by atoms with van der Waals surface area (Å²) < 4.78 is 34.8. The first-order valence-electron chi connectivity index (χ1n) is 9.21. The van der Waals surface area contributed by atoms with Gasteiger partial charge >= 0.3 is 5.97 Å². The summed E-state index contributed by atoms with van der Waals surface area (Å²) in [5.74, 6) is -0.360. The van der Waals surface area contributed by atoms with E-state index in [0.717, 1.165) is 22.3 Å². The molecule has 3 aromatic carbocycles. The van der Waals surface area contributed by atoms with E-state index in [1.807, 2.05) is 25.1 Å². The van der Waals surface area contributed by atoms with Crippen LogP contribution in [0.25, 0.3) is 11.1 Å². The predicted molar refractivity (Wildman–Crippen MR) is 111 cm³/mol. The first kappa shape index (κ1) is 20.8. The zero-order valence-corrected chi connectivity index (χ0v) is 17.1. The summed E-state index contributed by atoms with van der Waals surface area (Å²) in [5, 5.41) is 0. The zero-order valence-electron chi connectivity index (χ0n) is 16.3. The third-order valence-electron chi connectivity index (χ3n) is 4.35. The lowest BCUT2D eigenvalue weighted by molar-refractivity contribution is 0.0526. The van der Waals surface area contributed by atoms with Gasteiger partial charge in [-0.25, -0.2) is 4.79 Å². The number of aryl methyl sites for hydroxylation is 1. The Labute approximate surface area is 171 Å². The van der Waals surface area contributed by atoms with Crippen LogP contribution in [0.3, 0.4) is 0 Å². The molecule has 0 bridgehead atoms. The third-order valence-corrected chi connectivity index (χ3v) is 5.63. The van der Waals surface area contributed by atoms with Crippen LogP contribution < -0.4 is 0 Å². The van der Waals surface area contributed by atoms with E-state index < -0.39 is 10.1 Å². The van der Waals surface area contributed by atoms with Crippen molar-refractivity contribution in [1.29, 1.82) is 0 Å². The molecule has 3 aromatic rings. The SMILES string of the molecule is CCOC(=O)c1cccc(-c2ccc(COS(=O)(=O)c3ccc(C)cc3)cc2)c1. The molecule has 6 heteroatoms. The van der Waals surface area contributed by atoms with Crippen molar-refractivity contribution in [3.05, 3.63) is 89.5 Å². The van der Waals surface area contributed by atoms with Gasteiger partial charge in [-0.3, -0.25) is 4.18 Å². The largest absolute Gasteiger partial charge is 0.462 e. The van der Waals surface area contributed by atoms with Gasteiger partial charge in [0.25, 0.3) is 10.1 Å². The van der Waals surface area contributed by atoms with Crippen molar-refractivity contribution < 1.29 is 22.1 Å². The first-order chi connectivity index (χ1) is 13.9. The summed E-state index contributed by atoms with van der Waals surface area (Å²) in [6.07, 6.45) is 0. The van der Waals surface area contributed by atoms with Crippen molar-refractivity contribution in [1.82, 2.24) is 0 Å². The Morgan fingerprint density at radius 1 is 0.897 bits per heavy atom. The van der Waals surface area contributed by atoms with Gasteiger partial charge in [-0.2, -0.15) is 8.42 Å². The fraction of sp³-hybridized carbons (Fsp3) is 0.174. The van der Waals surface area contributed by atoms with E-state index in [1.54, 1.807) is 49.4 Å². The molecule has 0 heterocycles. The summed E-state index contributed by atoms with van der Waals surface area (Å²) in [7, 11) is -3.81. The molecule has 0 radical (unpaired) electrons. The van der Waals surface area contributed by atoms with Gasteiger partial charge in [-0.1, -0.05) is 54.1 Å². The van der Waals surface area contributed by atoms with Crippen LogP contribution in [0, 0.1) is 6.92 Å². The number of benzene rings is 3. The molecule has 150 valence electrons. The number of rotatable bonds is 7. The van der Waals surface area contributed by atoms with Crippen LogP contribution >= 0.6 is 0 Å². The molecule has 0 saturated carbocycles. The van der Waals surface area contributed by atoms with Crippen LogP contribution in [0.1, 0.15) is 28.4 Å². The van der Waals surface area contributed by atoms with Gasteiger partial charge in [0.2, 0.25) is 0 Å². The molecule has 5 nitrogen and oxygen atoms in total. The Balaban J connectivity index is 1.70. The minimum Gasteiger partial charge on any atom is -0.462 e. The summed E-state index contributed by atoms with van der Waals surface area (Å²) in [6.45, 7) is 3.92. The highest BCUT2D eigenvalue weighted by Crippen LogP contribution is 2.22. The Bertz CT molecular complexity index is 1080. The molecule has 0 aliphatic rings. The lowest BCUT2D eigenvalue weighted by atomic mass is 10.0. The van der Waals surface area contributed by atoms with Gasteiger partial charge in [0.15, 0.2) is 0 Å². The van der Waals surface area contributed by atoms with E-state index in [-0.39, 0.29) is 17.5 Å². The van der Waals surface area contributed by atoms with Gasteiger partial charge in [0.1, 0.15) is 0 Å². The lowest BCUT2D eigenvalue weighted by Gasteiger charge is -2.08. The number of carbonyl (C=O) groups is 1. The third kappa shape index (κ3) is 5.31. The lowest BCUT2D eigenvalue weighted by Crippen LogP contribution is -2.06. The Kier molecular flexibility index (Phi) is 6.46. The molecular weight excluding hydrogens is 388 g/mol. The van der Waals surface area contributed by atoms with Gasteiger partial charge in [-0.05, 0) is 54.8 Å². The number of ether oxygens (including phenoxy) is 1. The second-order valence-corrected chi connectivity index (χ2v) is 8.14. The van der Waals surface area contributed by atoms with Crippen molar-refractivity contribution >= 4 is 16.1 Å². The van der Waals surface area contributed by atoms with Crippen LogP contribution in [0.5, 0.6) is 0 Å². The highest BCUT2D eigenvalue weighted by atomic mass is 32.2. The van der Waals surface area contributed by atoms with E-state index in [9.17, 15) is 13.2 Å². The molecular formula is C23H22O5S. The molecule has 0 saturated heterocycles. The van der Waals surface area contributed by atoms with Gasteiger partial charge in [-0.15, -0.1) is 0 Å². The first-order valence-corrected chi connectivity index (χ1v) is 10.6. The van der Waals surface area contributed by atoms with Crippen molar-refractivity contribution in [3.8, 4) is 11.1 Å². The fourth-order valence-electron chi connectivity index (χ4n) is 2.75. The maximum atomic E-state index is 12.3. The molecule has 29 heavy (non-hydrogen) atoms. The standard InChI is InChI=1S/C23H22O5S/c1-3-27-23(24)21-6-4-5-20(15-21)19-11-9-18(10-12-19)16-28-29(25,26)22-13-7-17(2)8-14-22/h4-15H,3,16H2,1-2H3. The average molecular weight is 410 g/mol. The molecule has 0 unspecified atom stereocenters. The maximum absolute atomic E-state index is 12.3. The normalized spacial score (nSPS) is 11.2. The zero-order chi connectivity index (χ0) is 20.9. The predicted octanol–water partition coefficient (Wildman–Crippen LogP) is 4.74. The van der Waals surface area contributed by atoms with Crippen molar-refractivity contribution in [3.63, 3.8) is 0 Å². The number of hydrogen-bond acceptors (Lipinski definition) is 5. The van der Waals surface area contributed by atoms with E-state index in [0.29, 0.717) is 12.2 Å². The van der Waals surface area contributed by atoms with Gasteiger partial charge in [0.05, 0.1) is 23.7 Å². The second kappa shape index (κ2) is 9.03. The molecule has 0 amide bonds. The smallest absolute Gasteiger partial charge is 0.338 e. The summed E-state index contributed by atoms with van der Waals surface area (Å²) in [5.41, 5.74) is 3.97. The Hall–Kier alpha value is -2.96. The summed E-state index contributed by atoms with van der Waals surface area (Å²) in [4.78, 5) is 12.0. The molecule has 0 aliphatic carbocycles. The molecule has 0 aromatic heterocycles. The minimum absolute atomic E-state index is 0.0562. The molecule has 0 spiro atoms. The van der Waals surface area contributed by atoms with Crippen LogP contribution in [-0.2, 0) is 25.6 Å². The van der Waals surface area contributed by atoms with Gasteiger partial charge in [0, 0.05) is 0 Å². The number of esters is 1. The monoisotopic (exact) mass is 410 g/mol. The summed E-state index contributed by atoms with van der Waals surface area (Å²) >= 11 is 0. The van der Waals surface area contributed by atoms with E-state index in [2.05, 4.69) is 0 Å². The van der Waals surface area contributed by atoms with E-state index in [1.165, 1.54) is 12.1 Å². The van der Waals surface area contributed by atoms with Crippen molar-refractivity contribution in [2.75, 3.05) is 6.61 Å². The number of hydrogen-bond donors (Lipinski definition) is 0. The van der Waals surface area contributed by atoms with Crippen LogP contribution in [0.15, 0.2) is 77.7 Å². The molecule has 0 fully saturated rings. The second-order valence-electron chi connectivity index (χ2n) is 6.53. The van der Waals surface area contributed by atoms with Crippen LogP contribution in [-0.4, -0.2) is 21.0 Å². The quantitative estimate of drug-likeness (QED) is 0.415. The highest BCUT2D eigenvalue weighted by molar-refractivity contribution is 7.86. The summed E-state index contributed by atoms with van der Waals surface area (Å²) in [6, 6.07) is 21.0. The fourth-order valence-corrected chi connectivity index (χ4v) is 3.65. The maximum Gasteiger partial charge on any atom is 0.338 e. The Morgan fingerprint density at radius 2 is 1.59 bits per heavy atom. The van der Waals surface area contributed by atoms with E-state index in [4.69, 9.17) is 8.92 Å². The molecule has 0 aliphatic heterocycles. The molecule has 0 N–H and O–H groups in total. The minimum atomic E-state index is -3.81. The molecule has 0 atom stereocenters. The highest BCUT2D eigenvalue weighted by Gasteiger charge is 2.15. The topological polar surface area (TPSA) is 69.7 Å².